The Morgan fingerprint density at radius 2 is 1.62 bits per heavy atom. The Kier molecular flexibility index (Phi) is 8.32. The quantitative estimate of drug-likeness (QED) is 0.588. The van der Waals surface area contributed by atoms with Crippen molar-refractivity contribution < 1.29 is 34.0 Å². The first-order valence-corrected chi connectivity index (χ1v) is 10.8. The highest BCUT2D eigenvalue weighted by Crippen LogP contribution is 2.42. The van der Waals surface area contributed by atoms with E-state index in [1.165, 1.54) is 15.6 Å². The average Bonchev–Trinajstić information content (AvgIpc) is 3.25. The number of hydrogen-bond donors (Lipinski definition) is 2. The number of carboxylic acids is 2. The third kappa shape index (κ3) is 6.35. The fraction of sp³-hybridized carbons (Fsp3) is 0.364. The Labute approximate surface area is 194 Å². The van der Waals surface area contributed by atoms with Gasteiger partial charge in [0.15, 0.2) is 11.5 Å². The summed E-state index contributed by atoms with van der Waals surface area (Å²) in [5, 5.41) is 14.8. The van der Waals surface area contributed by atoms with Crippen LogP contribution in [-0.4, -0.2) is 72.0 Å². The van der Waals surface area contributed by atoms with Crippen LogP contribution in [0.15, 0.2) is 40.9 Å². The summed E-state index contributed by atoms with van der Waals surface area (Å²) < 4.78 is 17.6. The zero-order valence-corrected chi connectivity index (χ0v) is 19.2. The van der Waals surface area contributed by atoms with E-state index in [9.17, 15) is 0 Å². The summed E-state index contributed by atoms with van der Waals surface area (Å²) in [5.41, 5.74) is 2.55. The number of carbonyl (C=O) groups is 2. The summed E-state index contributed by atoms with van der Waals surface area (Å²) in [7, 11) is 1.67. The molecule has 0 radical (unpaired) electrons. The zero-order valence-electron chi connectivity index (χ0n) is 17.6. The van der Waals surface area contributed by atoms with Crippen LogP contribution in [0.25, 0.3) is 0 Å². The summed E-state index contributed by atoms with van der Waals surface area (Å²) in [6.07, 6.45) is 0. The molecule has 2 aliphatic rings. The smallest absolute Gasteiger partial charge is 0.414 e. The number of aliphatic carboxylic acids is 2. The first kappa shape index (κ1) is 23.8. The van der Waals surface area contributed by atoms with Crippen LogP contribution in [0, 0.1) is 0 Å². The summed E-state index contributed by atoms with van der Waals surface area (Å²) >= 11 is 3.65. The lowest BCUT2D eigenvalue weighted by Gasteiger charge is -2.35. The molecule has 2 aromatic carbocycles. The summed E-state index contributed by atoms with van der Waals surface area (Å²) in [5.74, 6) is -1.39. The van der Waals surface area contributed by atoms with Crippen LogP contribution in [0.4, 0.5) is 0 Å². The predicted molar refractivity (Wildman–Crippen MR) is 119 cm³/mol. The minimum atomic E-state index is -1.82. The second kappa shape index (κ2) is 11.2. The van der Waals surface area contributed by atoms with Crippen molar-refractivity contribution >= 4 is 27.9 Å². The number of methoxy groups -OCH3 is 1. The highest BCUT2D eigenvalue weighted by atomic mass is 79.9. The molecule has 2 aromatic rings. The van der Waals surface area contributed by atoms with Gasteiger partial charge in [0.05, 0.1) is 7.11 Å². The van der Waals surface area contributed by atoms with E-state index >= 15 is 0 Å². The SMILES string of the molecule is COc1cc(CN2CCN(Cc3ccccc3Br)CC2)cc2c1OCO2.O=C(O)C(=O)O. The molecule has 1 fully saturated rings. The predicted octanol–water partition coefficient (Wildman–Crippen LogP) is 2.66. The number of rotatable bonds is 5. The van der Waals surface area contributed by atoms with Gasteiger partial charge >= 0.3 is 11.9 Å². The molecule has 0 spiro atoms. The van der Waals surface area contributed by atoms with E-state index in [1.54, 1.807) is 7.11 Å². The first-order valence-electron chi connectivity index (χ1n) is 9.98. The summed E-state index contributed by atoms with van der Waals surface area (Å²) in [6, 6.07) is 12.6. The topological polar surface area (TPSA) is 109 Å². The summed E-state index contributed by atoms with van der Waals surface area (Å²) in [6.45, 7) is 6.42. The van der Waals surface area contributed by atoms with Gasteiger partial charge in [0, 0.05) is 43.7 Å². The van der Waals surface area contributed by atoms with Gasteiger partial charge in [-0.25, -0.2) is 9.59 Å². The maximum absolute atomic E-state index is 9.10. The Bertz CT molecular complexity index is 949. The molecule has 2 N–H and O–H groups in total. The van der Waals surface area contributed by atoms with Crippen molar-refractivity contribution in [3.8, 4) is 17.2 Å². The van der Waals surface area contributed by atoms with E-state index < -0.39 is 11.9 Å². The third-order valence-corrected chi connectivity index (χ3v) is 5.90. The van der Waals surface area contributed by atoms with Crippen molar-refractivity contribution in [2.24, 2.45) is 0 Å². The van der Waals surface area contributed by atoms with Gasteiger partial charge in [-0.2, -0.15) is 0 Å². The van der Waals surface area contributed by atoms with Crippen molar-refractivity contribution in [1.82, 2.24) is 9.80 Å². The molecule has 0 bridgehead atoms. The van der Waals surface area contributed by atoms with Crippen molar-refractivity contribution in [2.75, 3.05) is 40.1 Å². The van der Waals surface area contributed by atoms with E-state index in [2.05, 4.69) is 62.1 Å². The Morgan fingerprint density at radius 1 is 1.00 bits per heavy atom. The van der Waals surface area contributed by atoms with Crippen LogP contribution >= 0.6 is 15.9 Å². The second-order valence-electron chi connectivity index (χ2n) is 7.29. The number of ether oxygens (including phenoxy) is 3. The maximum Gasteiger partial charge on any atom is 0.414 e. The van der Waals surface area contributed by atoms with Gasteiger partial charge in [-0.05, 0) is 29.3 Å². The molecule has 2 aliphatic heterocycles. The van der Waals surface area contributed by atoms with Gasteiger partial charge in [0.25, 0.3) is 0 Å². The molecule has 0 saturated carbocycles. The van der Waals surface area contributed by atoms with Crippen LogP contribution < -0.4 is 14.2 Å². The number of nitrogens with zero attached hydrogens (tertiary/aromatic N) is 2. The number of halogens is 1. The molecule has 0 aliphatic carbocycles. The normalized spacial score (nSPS) is 15.6. The van der Waals surface area contributed by atoms with Gasteiger partial charge in [-0.15, -0.1) is 0 Å². The lowest BCUT2D eigenvalue weighted by molar-refractivity contribution is -0.159. The molecule has 0 amide bonds. The van der Waals surface area contributed by atoms with Crippen LogP contribution in [0.2, 0.25) is 0 Å². The molecule has 4 rings (SSSR count). The zero-order chi connectivity index (χ0) is 23.1. The molecule has 172 valence electrons. The molecular formula is C22H25BrN2O7. The lowest BCUT2D eigenvalue weighted by Crippen LogP contribution is -2.45. The first-order chi connectivity index (χ1) is 15.4. The number of hydrogen-bond acceptors (Lipinski definition) is 7. The van der Waals surface area contributed by atoms with Crippen molar-refractivity contribution in [3.05, 3.63) is 52.0 Å². The molecule has 9 nitrogen and oxygen atoms in total. The Morgan fingerprint density at radius 3 is 2.22 bits per heavy atom. The average molecular weight is 509 g/mol. The lowest BCUT2D eigenvalue weighted by atomic mass is 10.1. The Balaban J connectivity index is 0.000000427. The number of benzene rings is 2. The number of piperazine rings is 1. The number of fused-ring (bicyclic) bond motifs is 1. The van der Waals surface area contributed by atoms with Gasteiger partial charge in [0.1, 0.15) is 0 Å². The second-order valence-corrected chi connectivity index (χ2v) is 8.14. The monoisotopic (exact) mass is 508 g/mol. The Hall–Kier alpha value is -2.82. The molecule has 32 heavy (non-hydrogen) atoms. The molecular weight excluding hydrogens is 484 g/mol. The van der Waals surface area contributed by atoms with Gasteiger partial charge < -0.3 is 24.4 Å². The maximum atomic E-state index is 9.10. The fourth-order valence-corrected chi connectivity index (χ4v) is 3.92. The minimum absolute atomic E-state index is 0.267. The van der Waals surface area contributed by atoms with Gasteiger partial charge in [-0.3, -0.25) is 9.80 Å². The van der Waals surface area contributed by atoms with Crippen LogP contribution in [0.3, 0.4) is 0 Å². The van der Waals surface area contributed by atoms with Crippen LogP contribution in [0.1, 0.15) is 11.1 Å². The standard InChI is InChI=1S/C20H23BrN2O3.C2H2O4/c1-24-18-10-15(11-19-20(18)26-14-25-19)12-22-6-8-23(9-7-22)13-16-4-2-3-5-17(16)21;3-1(4)2(5)6/h2-5,10-11H,6-9,12-14H2,1H3;(H,3,4)(H,5,6). The molecule has 10 heteroatoms. The molecule has 2 heterocycles. The minimum Gasteiger partial charge on any atom is -0.493 e. The van der Waals surface area contributed by atoms with Crippen molar-refractivity contribution in [3.63, 3.8) is 0 Å². The largest absolute Gasteiger partial charge is 0.493 e. The van der Waals surface area contributed by atoms with Crippen molar-refractivity contribution in [2.45, 2.75) is 13.1 Å². The van der Waals surface area contributed by atoms with Crippen LogP contribution in [0.5, 0.6) is 17.2 Å². The van der Waals surface area contributed by atoms with E-state index in [-0.39, 0.29) is 6.79 Å². The van der Waals surface area contributed by atoms with Gasteiger partial charge in [-0.1, -0.05) is 34.1 Å². The van der Waals surface area contributed by atoms with E-state index in [1.807, 2.05) is 0 Å². The summed E-state index contributed by atoms with van der Waals surface area (Å²) in [4.78, 5) is 23.2. The number of carboxylic acid groups (broad SMARTS) is 2. The van der Waals surface area contributed by atoms with E-state index in [0.29, 0.717) is 0 Å². The van der Waals surface area contributed by atoms with Crippen LogP contribution in [-0.2, 0) is 22.7 Å². The highest BCUT2D eigenvalue weighted by Gasteiger charge is 2.22. The molecule has 0 unspecified atom stereocenters. The van der Waals surface area contributed by atoms with Crippen molar-refractivity contribution in [1.29, 1.82) is 0 Å². The fourth-order valence-electron chi connectivity index (χ4n) is 3.51. The highest BCUT2D eigenvalue weighted by molar-refractivity contribution is 9.10. The molecule has 0 aromatic heterocycles. The van der Waals surface area contributed by atoms with E-state index in [4.69, 9.17) is 34.0 Å². The van der Waals surface area contributed by atoms with Gasteiger partial charge in [0.2, 0.25) is 12.5 Å². The van der Waals surface area contributed by atoms with E-state index in [0.717, 1.165) is 56.5 Å². The third-order valence-electron chi connectivity index (χ3n) is 5.12. The molecule has 1 saturated heterocycles. The molecule has 0 atom stereocenters.